The Morgan fingerprint density at radius 1 is 1.40 bits per heavy atom. The Balaban J connectivity index is 3.12. The minimum Gasteiger partial charge on any atom is -0.390 e. The van der Waals surface area contributed by atoms with Crippen LogP contribution in [0.15, 0.2) is 4.52 Å². The molecule has 6 heteroatoms. The van der Waals surface area contributed by atoms with E-state index in [9.17, 15) is 13.2 Å². The summed E-state index contributed by atoms with van der Waals surface area (Å²) in [6, 6.07) is 0. The van der Waals surface area contributed by atoms with Gasteiger partial charge < -0.3 is 9.63 Å². The molecule has 0 spiro atoms. The molecule has 3 nitrogen and oxygen atoms in total. The summed E-state index contributed by atoms with van der Waals surface area (Å²) in [5.74, 6) is -0.174. The van der Waals surface area contributed by atoms with Gasteiger partial charge in [0.2, 0.25) is 0 Å². The molecule has 0 fully saturated rings. The van der Waals surface area contributed by atoms with E-state index in [0.717, 1.165) is 0 Å². The topological polar surface area (TPSA) is 46.3 Å². The number of nitrogens with zero attached hydrogens (tertiary/aromatic N) is 1. The summed E-state index contributed by atoms with van der Waals surface area (Å²) in [6.07, 6.45) is -4.37. The summed E-state index contributed by atoms with van der Waals surface area (Å²) in [4.78, 5) is 0. The van der Waals surface area contributed by atoms with Crippen LogP contribution in [0, 0.1) is 5.92 Å². The molecular formula is C9H12F3NO2. The molecule has 0 unspecified atom stereocenters. The van der Waals surface area contributed by atoms with Gasteiger partial charge in [0.1, 0.15) is 17.0 Å². The van der Waals surface area contributed by atoms with Crippen LogP contribution < -0.4 is 0 Å². The number of hydrogen-bond donors (Lipinski definition) is 1. The van der Waals surface area contributed by atoms with Gasteiger partial charge in [0.05, 0.1) is 6.61 Å². The first kappa shape index (κ1) is 12.0. The van der Waals surface area contributed by atoms with Gasteiger partial charge in [-0.15, -0.1) is 0 Å². The normalized spacial score (nSPS) is 12.5. The third-order valence-corrected chi connectivity index (χ3v) is 1.86. The largest absolute Gasteiger partial charge is 0.421 e. The smallest absolute Gasteiger partial charge is 0.390 e. The lowest BCUT2D eigenvalue weighted by atomic mass is 10.0. The highest BCUT2D eigenvalue weighted by Crippen LogP contribution is 2.35. The van der Waals surface area contributed by atoms with Crippen LogP contribution in [-0.4, -0.2) is 10.3 Å². The summed E-state index contributed by atoms with van der Waals surface area (Å²) < 4.78 is 42.3. The third-order valence-electron chi connectivity index (χ3n) is 1.86. The van der Waals surface area contributed by atoms with Gasteiger partial charge in [0.15, 0.2) is 0 Å². The molecule has 0 aliphatic carbocycles. The molecule has 0 aliphatic rings. The van der Waals surface area contributed by atoms with Crippen molar-refractivity contribution in [3.8, 4) is 0 Å². The zero-order valence-corrected chi connectivity index (χ0v) is 8.43. The van der Waals surface area contributed by atoms with Crippen LogP contribution in [0.1, 0.15) is 30.9 Å². The Hall–Kier alpha value is -1.04. The van der Waals surface area contributed by atoms with E-state index in [0.29, 0.717) is 0 Å². The zero-order chi connectivity index (χ0) is 11.6. The third kappa shape index (κ3) is 2.71. The average Bonchev–Trinajstić information content (AvgIpc) is 2.45. The van der Waals surface area contributed by atoms with E-state index >= 15 is 0 Å². The van der Waals surface area contributed by atoms with Gasteiger partial charge in [-0.25, -0.2) is 0 Å². The molecule has 0 saturated carbocycles. The van der Waals surface area contributed by atoms with Crippen LogP contribution in [0.2, 0.25) is 0 Å². The molecule has 1 heterocycles. The number of halogens is 3. The summed E-state index contributed by atoms with van der Waals surface area (Å²) in [6.45, 7) is 2.79. The lowest BCUT2D eigenvalue weighted by Gasteiger charge is -2.08. The highest BCUT2D eigenvalue weighted by atomic mass is 19.4. The highest BCUT2D eigenvalue weighted by Gasteiger charge is 2.39. The molecule has 0 radical (unpaired) electrons. The summed E-state index contributed by atoms with van der Waals surface area (Å²) in [5, 5.41) is 11.9. The Bertz CT molecular complexity index is 331. The maximum atomic E-state index is 12.6. The Labute approximate surface area is 84.9 Å². The van der Waals surface area contributed by atoms with Crippen molar-refractivity contribution < 1.29 is 22.8 Å². The second-order valence-electron chi connectivity index (χ2n) is 3.68. The van der Waals surface area contributed by atoms with Crippen molar-refractivity contribution in [2.45, 2.75) is 33.1 Å². The predicted molar refractivity (Wildman–Crippen MR) is 46.0 cm³/mol. The van der Waals surface area contributed by atoms with Gasteiger partial charge in [-0.3, -0.25) is 0 Å². The fraction of sp³-hybridized carbons (Fsp3) is 0.667. The molecule has 1 N–H and O–H groups in total. The number of aromatic nitrogens is 1. The number of rotatable bonds is 3. The molecule has 86 valence electrons. The first-order valence-corrected chi connectivity index (χ1v) is 4.51. The summed E-state index contributed by atoms with van der Waals surface area (Å²) >= 11 is 0. The molecular weight excluding hydrogens is 211 g/mol. The zero-order valence-electron chi connectivity index (χ0n) is 8.43. The fourth-order valence-electron chi connectivity index (χ4n) is 1.30. The van der Waals surface area contributed by atoms with Gasteiger partial charge in [0, 0.05) is 6.42 Å². The number of aliphatic hydroxyl groups excluding tert-OH is 1. The lowest BCUT2D eigenvalue weighted by Crippen LogP contribution is -2.11. The van der Waals surface area contributed by atoms with Crippen molar-refractivity contribution in [2.24, 2.45) is 5.92 Å². The van der Waals surface area contributed by atoms with Crippen LogP contribution >= 0.6 is 0 Å². The SMILES string of the molecule is CC(C)Cc1onc(CO)c1C(F)(F)F. The standard InChI is InChI=1S/C9H12F3NO2/c1-5(2)3-7-8(9(10,11)12)6(4-14)13-15-7/h5,14H,3-4H2,1-2H3. The van der Waals surface area contributed by atoms with Gasteiger partial charge in [-0.05, 0) is 5.92 Å². The number of alkyl halides is 3. The molecule has 0 aromatic carbocycles. The van der Waals surface area contributed by atoms with Gasteiger partial charge in [0.25, 0.3) is 0 Å². The van der Waals surface area contributed by atoms with Crippen molar-refractivity contribution in [3.05, 3.63) is 17.0 Å². The lowest BCUT2D eigenvalue weighted by molar-refractivity contribution is -0.139. The highest BCUT2D eigenvalue weighted by molar-refractivity contribution is 5.26. The van der Waals surface area contributed by atoms with Crippen LogP contribution in [0.4, 0.5) is 13.2 Å². The van der Waals surface area contributed by atoms with Crippen molar-refractivity contribution in [1.82, 2.24) is 5.16 Å². The van der Waals surface area contributed by atoms with E-state index in [1.165, 1.54) is 0 Å². The fourth-order valence-corrected chi connectivity index (χ4v) is 1.30. The van der Waals surface area contributed by atoms with E-state index in [2.05, 4.69) is 9.68 Å². The van der Waals surface area contributed by atoms with Crippen LogP contribution in [-0.2, 0) is 19.2 Å². The van der Waals surface area contributed by atoms with Crippen molar-refractivity contribution in [3.63, 3.8) is 0 Å². The maximum Gasteiger partial charge on any atom is 0.421 e. The van der Waals surface area contributed by atoms with Crippen molar-refractivity contribution in [1.29, 1.82) is 0 Å². The van der Waals surface area contributed by atoms with Crippen molar-refractivity contribution >= 4 is 0 Å². The second-order valence-corrected chi connectivity index (χ2v) is 3.68. The minimum atomic E-state index is -4.53. The van der Waals surface area contributed by atoms with Gasteiger partial charge in [-0.2, -0.15) is 13.2 Å². The first-order valence-electron chi connectivity index (χ1n) is 4.51. The molecule has 0 saturated heterocycles. The predicted octanol–water partition coefficient (Wildman–Crippen LogP) is 2.38. The molecule has 0 aliphatic heterocycles. The quantitative estimate of drug-likeness (QED) is 0.855. The molecule has 0 amide bonds. The monoisotopic (exact) mass is 223 g/mol. The molecule has 1 aromatic rings. The van der Waals surface area contributed by atoms with E-state index in [-0.39, 0.29) is 18.1 Å². The molecule has 1 aromatic heterocycles. The Kier molecular flexibility index (Phi) is 3.38. The minimum absolute atomic E-state index is 0.0330. The second kappa shape index (κ2) is 4.22. The summed E-state index contributed by atoms with van der Waals surface area (Å²) in [5.41, 5.74) is -1.38. The summed E-state index contributed by atoms with van der Waals surface area (Å²) in [7, 11) is 0. The van der Waals surface area contributed by atoms with Crippen LogP contribution in [0.5, 0.6) is 0 Å². The van der Waals surface area contributed by atoms with E-state index in [1.807, 2.05) is 0 Å². The van der Waals surface area contributed by atoms with Crippen LogP contribution in [0.25, 0.3) is 0 Å². The molecule has 15 heavy (non-hydrogen) atoms. The Morgan fingerprint density at radius 2 is 2.00 bits per heavy atom. The average molecular weight is 223 g/mol. The van der Waals surface area contributed by atoms with Gasteiger partial charge >= 0.3 is 6.18 Å². The molecule has 0 bridgehead atoms. The van der Waals surface area contributed by atoms with E-state index in [1.54, 1.807) is 13.8 Å². The molecule has 1 rings (SSSR count). The molecule has 0 atom stereocenters. The first-order chi connectivity index (χ1) is 6.86. The van der Waals surface area contributed by atoms with E-state index < -0.39 is 24.0 Å². The number of aliphatic hydroxyl groups is 1. The Morgan fingerprint density at radius 3 is 2.40 bits per heavy atom. The van der Waals surface area contributed by atoms with Crippen LogP contribution in [0.3, 0.4) is 0 Å². The van der Waals surface area contributed by atoms with Gasteiger partial charge in [-0.1, -0.05) is 19.0 Å². The number of hydrogen-bond acceptors (Lipinski definition) is 3. The maximum absolute atomic E-state index is 12.6. The van der Waals surface area contributed by atoms with E-state index in [4.69, 9.17) is 5.11 Å². The van der Waals surface area contributed by atoms with Crippen molar-refractivity contribution in [2.75, 3.05) is 0 Å².